The van der Waals surface area contributed by atoms with E-state index in [2.05, 4.69) is 15.5 Å². The van der Waals surface area contributed by atoms with Gasteiger partial charge in [-0.15, -0.1) is 0 Å². The number of carbonyl (C=O) groups excluding carboxylic acids is 5. The van der Waals surface area contributed by atoms with E-state index in [1.165, 1.54) is 16.9 Å². The second-order valence-electron chi connectivity index (χ2n) is 14.5. The third-order valence-electron chi connectivity index (χ3n) is 7.91. The highest BCUT2D eigenvalue weighted by Gasteiger charge is 2.37. The number of nitrogens with zero attached hydrogens (tertiary/aromatic N) is 5. The molecular weight excluding hydrogens is 686 g/mol. The molecule has 53 heavy (non-hydrogen) atoms. The topological polar surface area (TPSA) is 172 Å². The van der Waals surface area contributed by atoms with Crippen LogP contribution in [0, 0.1) is 0 Å². The number of rotatable bonds is 8. The van der Waals surface area contributed by atoms with E-state index in [1.807, 2.05) is 36.4 Å². The van der Waals surface area contributed by atoms with Crippen LogP contribution in [0.1, 0.15) is 53.5 Å². The number of methoxy groups -OCH3 is 1. The monoisotopic (exact) mass is 737 g/mol. The Morgan fingerprint density at radius 2 is 1.40 bits per heavy atom. The molecule has 2 saturated heterocycles. The lowest BCUT2D eigenvalue weighted by Gasteiger charge is -2.37. The number of hydrogen-bond acceptors (Lipinski definition) is 11. The van der Waals surface area contributed by atoms with Gasteiger partial charge in [0.1, 0.15) is 23.9 Å². The number of nitrogens with one attached hydrogen (secondary N) is 2. The third-order valence-corrected chi connectivity index (χ3v) is 7.91. The third kappa shape index (κ3) is 12.3. The zero-order valence-corrected chi connectivity index (χ0v) is 31.5. The highest BCUT2D eigenvalue weighted by atomic mass is 16.6. The minimum Gasteiger partial charge on any atom is -0.467 e. The van der Waals surface area contributed by atoms with Crippen molar-refractivity contribution in [3.63, 3.8) is 0 Å². The number of anilines is 1. The van der Waals surface area contributed by atoms with Gasteiger partial charge >= 0.3 is 30.3 Å². The molecule has 0 radical (unpaired) electrons. The number of esters is 1. The van der Waals surface area contributed by atoms with Gasteiger partial charge in [-0.3, -0.25) is 0 Å². The van der Waals surface area contributed by atoms with E-state index in [4.69, 9.17) is 23.9 Å². The van der Waals surface area contributed by atoms with E-state index >= 15 is 0 Å². The van der Waals surface area contributed by atoms with Gasteiger partial charge in [-0.05, 0) is 71.7 Å². The molecule has 0 unspecified atom stereocenters. The van der Waals surface area contributed by atoms with E-state index in [0.29, 0.717) is 51.4 Å². The Morgan fingerprint density at radius 1 is 0.792 bits per heavy atom. The van der Waals surface area contributed by atoms with Gasteiger partial charge in [-0.25, -0.2) is 38.8 Å². The molecule has 2 aliphatic heterocycles. The van der Waals surface area contributed by atoms with Gasteiger partial charge in [-0.1, -0.05) is 36.4 Å². The van der Waals surface area contributed by atoms with Crippen molar-refractivity contribution in [2.24, 2.45) is 4.99 Å². The van der Waals surface area contributed by atoms with E-state index in [1.54, 1.807) is 64.6 Å². The first-order valence-electron chi connectivity index (χ1n) is 17.6. The van der Waals surface area contributed by atoms with Crippen LogP contribution in [0.4, 0.5) is 30.6 Å². The molecule has 4 rings (SSSR count). The summed E-state index contributed by atoms with van der Waals surface area (Å²) in [6.07, 6.45) is -1.55. The van der Waals surface area contributed by atoms with Crippen LogP contribution < -0.4 is 15.5 Å². The molecule has 2 fully saturated rings. The first kappa shape index (κ1) is 40.2. The number of ether oxygens (including phenoxy) is 4. The largest absolute Gasteiger partial charge is 0.467 e. The summed E-state index contributed by atoms with van der Waals surface area (Å²) in [6, 6.07) is 14.9. The lowest BCUT2D eigenvalue weighted by Crippen LogP contribution is -2.56. The number of guanidine groups is 1. The fourth-order valence-electron chi connectivity index (χ4n) is 5.42. The normalized spacial score (nSPS) is 15.6. The Hall–Kier alpha value is -5.54. The number of urea groups is 1. The number of piperazine rings is 1. The molecule has 0 aliphatic carbocycles. The van der Waals surface area contributed by atoms with Gasteiger partial charge in [0, 0.05) is 45.0 Å². The molecule has 2 heterocycles. The fraction of sp³-hybridized carbons (Fsp3) is 0.514. The van der Waals surface area contributed by atoms with Gasteiger partial charge < -0.3 is 39.4 Å². The predicted octanol–water partition coefficient (Wildman–Crippen LogP) is 4.85. The number of hydrogen-bond donors (Lipinski definition) is 2. The molecule has 0 spiro atoms. The van der Waals surface area contributed by atoms with Crippen LogP contribution in [-0.2, 0) is 30.3 Å². The van der Waals surface area contributed by atoms with Crippen LogP contribution in [0.5, 0.6) is 0 Å². The van der Waals surface area contributed by atoms with Crippen LogP contribution >= 0.6 is 0 Å². The van der Waals surface area contributed by atoms with Crippen molar-refractivity contribution in [1.82, 2.24) is 25.3 Å². The van der Waals surface area contributed by atoms with Crippen LogP contribution in [0.2, 0.25) is 0 Å². The first-order valence-corrected chi connectivity index (χ1v) is 17.6. The summed E-state index contributed by atoms with van der Waals surface area (Å²) in [5, 5.41) is 5.16. The summed E-state index contributed by atoms with van der Waals surface area (Å²) >= 11 is 0. The average Bonchev–Trinajstić information content (AvgIpc) is 3.11. The minimum atomic E-state index is -1.15. The Morgan fingerprint density at radius 3 is 1.96 bits per heavy atom. The molecular formula is C37H51N7O9. The van der Waals surface area contributed by atoms with Crippen molar-refractivity contribution in [3.8, 4) is 0 Å². The second-order valence-corrected chi connectivity index (χ2v) is 14.5. The number of benzene rings is 2. The van der Waals surface area contributed by atoms with Gasteiger partial charge in [0.25, 0.3) is 0 Å². The van der Waals surface area contributed by atoms with Crippen LogP contribution in [-0.4, -0.2) is 121 Å². The van der Waals surface area contributed by atoms with E-state index in [-0.39, 0.29) is 19.1 Å². The standard InChI is InChI=1S/C37H51N7O9/c1-36(2,3)52-34(48)43-17-12-18-44(35(49)53-37(4,5)6)31(43)39-27-15-11-16-28(23-27)41-19-21-42(22-20-41)32(46)38-24-29(30(45)50-7)40-33(47)51-25-26-13-9-8-10-14-26/h8-11,13-16,23,29H,12,17-22,24-25H2,1-7H3,(H,38,46)(H,40,47)/t29-/m0/s1. The van der Waals surface area contributed by atoms with Crippen molar-refractivity contribution in [2.45, 2.75) is 71.8 Å². The molecule has 0 saturated carbocycles. The summed E-state index contributed by atoms with van der Waals surface area (Å²) in [5.74, 6) is -0.616. The predicted molar refractivity (Wildman–Crippen MR) is 197 cm³/mol. The average molecular weight is 738 g/mol. The van der Waals surface area contributed by atoms with Gasteiger partial charge in [0.2, 0.25) is 5.96 Å². The smallest absolute Gasteiger partial charge is 0.417 e. The highest BCUT2D eigenvalue weighted by molar-refractivity contribution is 6.03. The Kier molecular flexibility index (Phi) is 13.5. The highest BCUT2D eigenvalue weighted by Crippen LogP contribution is 2.26. The van der Waals surface area contributed by atoms with Crippen LogP contribution in [0.25, 0.3) is 0 Å². The van der Waals surface area contributed by atoms with Crippen LogP contribution in [0.3, 0.4) is 0 Å². The molecule has 288 valence electrons. The summed E-state index contributed by atoms with van der Waals surface area (Å²) in [4.78, 5) is 75.5. The Balaban J connectivity index is 1.39. The maximum absolute atomic E-state index is 13.3. The van der Waals surface area contributed by atoms with Gasteiger partial charge in [0.05, 0.1) is 19.3 Å². The van der Waals surface area contributed by atoms with Crippen LogP contribution in [0.15, 0.2) is 59.6 Å². The molecule has 2 aromatic carbocycles. The van der Waals surface area contributed by atoms with Crippen molar-refractivity contribution >= 4 is 47.6 Å². The molecule has 2 aliphatic rings. The van der Waals surface area contributed by atoms with Crippen molar-refractivity contribution < 1.29 is 42.9 Å². The van der Waals surface area contributed by atoms with Gasteiger partial charge in [0.15, 0.2) is 0 Å². The lowest BCUT2D eigenvalue weighted by molar-refractivity contribution is -0.142. The van der Waals surface area contributed by atoms with E-state index < -0.39 is 47.5 Å². The summed E-state index contributed by atoms with van der Waals surface area (Å²) < 4.78 is 21.3. The van der Waals surface area contributed by atoms with E-state index in [9.17, 15) is 24.0 Å². The maximum Gasteiger partial charge on any atom is 0.417 e. The molecule has 5 amide bonds. The number of amides is 5. The lowest BCUT2D eigenvalue weighted by atomic mass is 10.2. The summed E-state index contributed by atoms with van der Waals surface area (Å²) in [5.41, 5.74) is 0.603. The van der Waals surface area contributed by atoms with Crippen molar-refractivity contribution in [2.75, 3.05) is 57.8 Å². The number of alkyl carbamates (subject to hydrolysis) is 1. The zero-order chi connectivity index (χ0) is 38.8. The van der Waals surface area contributed by atoms with Crippen molar-refractivity contribution in [3.05, 3.63) is 60.2 Å². The van der Waals surface area contributed by atoms with E-state index in [0.717, 1.165) is 11.3 Å². The summed E-state index contributed by atoms with van der Waals surface area (Å²) in [7, 11) is 1.19. The molecule has 0 aromatic heterocycles. The summed E-state index contributed by atoms with van der Waals surface area (Å²) in [6.45, 7) is 12.8. The maximum atomic E-state index is 13.3. The minimum absolute atomic E-state index is 0.0165. The second kappa shape index (κ2) is 17.8. The zero-order valence-electron chi connectivity index (χ0n) is 31.5. The number of aliphatic imine (C=N–C) groups is 1. The van der Waals surface area contributed by atoms with Crippen molar-refractivity contribution in [1.29, 1.82) is 0 Å². The number of carbonyl (C=O) groups is 5. The Labute approximate surface area is 310 Å². The molecule has 16 heteroatoms. The molecule has 2 aromatic rings. The molecule has 1 atom stereocenters. The molecule has 2 N–H and O–H groups in total. The fourth-order valence-corrected chi connectivity index (χ4v) is 5.42. The first-order chi connectivity index (χ1) is 25.0. The molecule has 0 bridgehead atoms. The van der Waals surface area contributed by atoms with Gasteiger partial charge in [-0.2, -0.15) is 0 Å². The Bertz CT molecular complexity index is 1590. The molecule has 16 nitrogen and oxygen atoms in total. The SMILES string of the molecule is COC(=O)[C@H](CNC(=O)N1CCN(c2cccc(N=C3N(C(=O)OC(C)(C)C)CCCN3C(=O)OC(C)(C)C)c2)CC1)NC(=O)OCc1ccccc1. The quantitative estimate of drug-likeness (QED) is 0.282.